The SMILES string of the molecule is COCC(C)OCC(O)CC1CCc2ccccc2C1=O. The van der Waals surface area contributed by atoms with Gasteiger partial charge in [-0.25, -0.2) is 0 Å². The lowest BCUT2D eigenvalue weighted by Gasteiger charge is -2.25. The highest BCUT2D eigenvalue weighted by atomic mass is 16.5. The molecule has 0 aliphatic heterocycles. The van der Waals surface area contributed by atoms with Crippen molar-refractivity contribution in [1.82, 2.24) is 0 Å². The van der Waals surface area contributed by atoms with Crippen LogP contribution in [0.1, 0.15) is 35.7 Å². The number of methoxy groups -OCH3 is 1. The summed E-state index contributed by atoms with van der Waals surface area (Å²) < 4.78 is 10.5. The average Bonchev–Trinajstić information content (AvgIpc) is 2.49. The van der Waals surface area contributed by atoms with Crippen LogP contribution in [0, 0.1) is 5.92 Å². The van der Waals surface area contributed by atoms with Crippen LogP contribution in [-0.4, -0.2) is 43.4 Å². The molecular weight excluding hydrogens is 268 g/mol. The molecule has 0 saturated heterocycles. The van der Waals surface area contributed by atoms with Crippen LogP contribution in [0.2, 0.25) is 0 Å². The second-order valence-corrected chi connectivity index (χ2v) is 5.75. The molecule has 0 aromatic heterocycles. The van der Waals surface area contributed by atoms with Gasteiger partial charge in [-0.1, -0.05) is 24.3 Å². The zero-order valence-electron chi connectivity index (χ0n) is 12.7. The molecule has 0 spiro atoms. The summed E-state index contributed by atoms with van der Waals surface area (Å²) in [6, 6.07) is 7.75. The van der Waals surface area contributed by atoms with Gasteiger partial charge in [0.05, 0.1) is 25.4 Å². The molecule has 0 fully saturated rings. The topological polar surface area (TPSA) is 55.8 Å². The fraction of sp³-hybridized carbons (Fsp3) is 0.588. The molecule has 0 saturated carbocycles. The zero-order chi connectivity index (χ0) is 15.2. The number of hydrogen-bond acceptors (Lipinski definition) is 4. The average molecular weight is 292 g/mol. The van der Waals surface area contributed by atoms with E-state index in [4.69, 9.17) is 9.47 Å². The lowest BCUT2D eigenvalue weighted by Crippen LogP contribution is -2.30. The van der Waals surface area contributed by atoms with Crippen LogP contribution in [0.3, 0.4) is 0 Å². The molecule has 21 heavy (non-hydrogen) atoms. The number of rotatable bonds is 7. The van der Waals surface area contributed by atoms with Crippen molar-refractivity contribution in [3.63, 3.8) is 0 Å². The molecule has 1 aromatic rings. The van der Waals surface area contributed by atoms with Gasteiger partial charge in [0, 0.05) is 18.6 Å². The third-order valence-electron chi connectivity index (χ3n) is 3.95. The van der Waals surface area contributed by atoms with E-state index in [-0.39, 0.29) is 24.4 Å². The summed E-state index contributed by atoms with van der Waals surface area (Å²) in [5.74, 6) is 0.0528. The van der Waals surface area contributed by atoms with E-state index in [1.165, 1.54) is 0 Å². The van der Waals surface area contributed by atoms with E-state index >= 15 is 0 Å². The fourth-order valence-electron chi connectivity index (χ4n) is 2.84. The first kappa shape index (κ1) is 16.1. The van der Waals surface area contributed by atoms with Crippen molar-refractivity contribution in [2.24, 2.45) is 5.92 Å². The number of aliphatic hydroxyl groups excluding tert-OH is 1. The summed E-state index contributed by atoms with van der Waals surface area (Å²) in [5.41, 5.74) is 1.94. The molecule has 1 aliphatic carbocycles. The minimum absolute atomic E-state index is 0.0487. The molecule has 3 atom stereocenters. The van der Waals surface area contributed by atoms with Crippen molar-refractivity contribution in [2.75, 3.05) is 20.3 Å². The van der Waals surface area contributed by atoms with Crippen LogP contribution in [0.15, 0.2) is 24.3 Å². The first-order valence-electron chi connectivity index (χ1n) is 7.52. The van der Waals surface area contributed by atoms with E-state index in [0.717, 1.165) is 24.0 Å². The highest BCUT2D eigenvalue weighted by molar-refractivity contribution is 6.00. The smallest absolute Gasteiger partial charge is 0.166 e. The van der Waals surface area contributed by atoms with Crippen molar-refractivity contribution < 1.29 is 19.4 Å². The second kappa shape index (κ2) is 7.69. The van der Waals surface area contributed by atoms with Gasteiger partial charge >= 0.3 is 0 Å². The van der Waals surface area contributed by atoms with Crippen LogP contribution < -0.4 is 0 Å². The van der Waals surface area contributed by atoms with Crippen molar-refractivity contribution in [3.8, 4) is 0 Å². The van der Waals surface area contributed by atoms with Crippen molar-refractivity contribution in [3.05, 3.63) is 35.4 Å². The van der Waals surface area contributed by atoms with Crippen LogP contribution >= 0.6 is 0 Å². The Morgan fingerprint density at radius 2 is 2.10 bits per heavy atom. The fourth-order valence-corrected chi connectivity index (χ4v) is 2.84. The molecule has 4 heteroatoms. The summed E-state index contributed by atoms with van der Waals surface area (Å²) >= 11 is 0. The maximum absolute atomic E-state index is 12.4. The van der Waals surface area contributed by atoms with Gasteiger partial charge in [0.15, 0.2) is 5.78 Å². The van der Waals surface area contributed by atoms with E-state index in [2.05, 4.69) is 0 Å². The summed E-state index contributed by atoms with van der Waals surface area (Å²) in [7, 11) is 1.62. The number of hydrogen-bond donors (Lipinski definition) is 1. The zero-order valence-corrected chi connectivity index (χ0v) is 12.7. The number of Topliss-reactive ketones (excluding diaryl/α,β-unsaturated/α-hetero) is 1. The minimum Gasteiger partial charge on any atom is -0.391 e. The van der Waals surface area contributed by atoms with Crippen molar-refractivity contribution in [2.45, 2.75) is 38.4 Å². The molecule has 1 aliphatic rings. The number of benzene rings is 1. The van der Waals surface area contributed by atoms with Gasteiger partial charge in [0.2, 0.25) is 0 Å². The Bertz CT molecular complexity index is 472. The molecule has 3 unspecified atom stereocenters. The van der Waals surface area contributed by atoms with E-state index in [0.29, 0.717) is 13.0 Å². The quantitative estimate of drug-likeness (QED) is 0.837. The number of fused-ring (bicyclic) bond motifs is 1. The van der Waals surface area contributed by atoms with Gasteiger partial charge in [0.25, 0.3) is 0 Å². The molecule has 0 bridgehead atoms. The normalized spacial score (nSPS) is 20.9. The maximum Gasteiger partial charge on any atom is 0.166 e. The number of carbonyl (C=O) groups is 1. The summed E-state index contributed by atoms with van der Waals surface area (Å²) in [6.07, 6.45) is 1.52. The number of aryl methyl sites for hydroxylation is 1. The molecule has 1 N–H and O–H groups in total. The van der Waals surface area contributed by atoms with Gasteiger partial charge in [-0.05, 0) is 31.7 Å². The first-order valence-corrected chi connectivity index (χ1v) is 7.52. The van der Waals surface area contributed by atoms with Crippen molar-refractivity contribution >= 4 is 5.78 Å². The molecule has 2 rings (SSSR count). The summed E-state index contributed by atoms with van der Waals surface area (Å²) in [4.78, 5) is 12.4. The molecule has 0 heterocycles. The van der Waals surface area contributed by atoms with Gasteiger partial charge in [0.1, 0.15) is 0 Å². The Hall–Kier alpha value is -1.23. The Kier molecular flexibility index (Phi) is 5.91. The lowest BCUT2D eigenvalue weighted by atomic mass is 9.80. The lowest BCUT2D eigenvalue weighted by molar-refractivity contribution is -0.0368. The Labute approximate surface area is 126 Å². The third-order valence-corrected chi connectivity index (χ3v) is 3.95. The molecule has 0 amide bonds. The van der Waals surface area contributed by atoms with Crippen LogP contribution in [0.4, 0.5) is 0 Å². The molecular formula is C17H24O4. The summed E-state index contributed by atoms with van der Waals surface area (Å²) in [5, 5.41) is 10.1. The highest BCUT2D eigenvalue weighted by Gasteiger charge is 2.28. The summed E-state index contributed by atoms with van der Waals surface area (Å²) in [6.45, 7) is 2.65. The molecule has 116 valence electrons. The Morgan fingerprint density at radius 1 is 1.33 bits per heavy atom. The molecule has 1 aromatic carbocycles. The van der Waals surface area contributed by atoms with Gasteiger partial charge in [-0.2, -0.15) is 0 Å². The van der Waals surface area contributed by atoms with Crippen LogP contribution in [0.5, 0.6) is 0 Å². The number of ketones is 1. The van der Waals surface area contributed by atoms with Gasteiger partial charge < -0.3 is 14.6 Å². The predicted octanol–water partition coefficient (Wildman–Crippen LogP) is 2.23. The van der Waals surface area contributed by atoms with E-state index in [9.17, 15) is 9.90 Å². The van der Waals surface area contributed by atoms with Crippen LogP contribution in [0.25, 0.3) is 0 Å². The van der Waals surface area contributed by atoms with Crippen molar-refractivity contribution in [1.29, 1.82) is 0 Å². The molecule has 4 nitrogen and oxygen atoms in total. The monoisotopic (exact) mass is 292 g/mol. The van der Waals surface area contributed by atoms with Crippen LogP contribution in [-0.2, 0) is 15.9 Å². The van der Waals surface area contributed by atoms with Gasteiger partial charge in [-0.3, -0.25) is 4.79 Å². The maximum atomic E-state index is 12.4. The molecule has 0 radical (unpaired) electrons. The Balaban J connectivity index is 1.85. The van der Waals surface area contributed by atoms with E-state index in [1.54, 1.807) is 7.11 Å². The van der Waals surface area contributed by atoms with E-state index < -0.39 is 6.10 Å². The van der Waals surface area contributed by atoms with Gasteiger partial charge in [-0.15, -0.1) is 0 Å². The predicted molar refractivity (Wildman–Crippen MR) is 80.5 cm³/mol. The third kappa shape index (κ3) is 4.37. The number of aliphatic hydroxyl groups is 1. The minimum atomic E-state index is -0.608. The number of ether oxygens (including phenoxy) is 2. The van der Waals surface area contributed by atoms with E-state index in [1.807, 2.05) is 31.2 Å². The largest absolute Gasteiger partial charge is 0.391 e. The first-order chi connectivity index (χ1) is 10.1. The highest BCUT2D eigenvalue weighted by Crippen LogP contribution is 2.28. The Morgan fingerprint density at radius 3 is 2.86 bits per heavy atom. The second-order valence-electron chi connectivity index (χ2n) is 5.75. The standard InChI is InChI=1S/C17H24O4/c1-12(10-20-2)21-11-15(18)9-14-8-7-13-5-3-4-6-16(13)17(14)19/h3-6,12,14-15,18H,7-11H2,1-2H3. The number of carbonyl (C=O) groups excluding carboxylic acids is 1.